The number of rotatable bonds is 8. The van der Waals surface area contributed by atoms with Crippen molar-refractivity contribution in [2.24, 2.45) is 0 Å². The Bertz CT molecular complexity index is 1200. The Kier molecular flexibility index (Phi) is 6.86. The highest BCUT2D eigenvalue weighted by molar-refractivity contribution is 5.97. The van der Waals surface area contributed by atoms with E-state index < -0.39 is 5.56 Å². The Labute approximate surface area is 182 Å². The van der Waals surface area contributed by atoms with Crippen molar-refractivity contribution in [2.45, 2.75) is 60.0 Å². The summed E-state index contributed by atoms with van der Waals surface area (Å²) in [6.07, 6.45) is 2.03. The van der Waals surface area contributed by atoms with Gasteiger partial charge in [0, 0.05) is 23.5 Å². The molecule has 0 spiro atoms. The predicted octanol–water partition coefficient (Wildman–Crippen LogP) is 3.78. The normalized spacial score (nSPS) is 10.8. The van der Waals surface area contributed by atoms with Crippen LogP contribution in [0.1, 0.15) is 58.0 Å². The van der Waals surface area contributed by atoms with Crippen molar-refractivity contribution in [3.05, 3.63) is 86.1 Å². The van der Waals surface area contributed by atoms with Gasteiger partial charge in [-0.1, -0.05) is 44.2 Å². The monoisotopic (exact) mass is 416 g/mol. The van der Waals surface area contributed by atoms with Gasteiger partial charge < -0.3 is 4.57 Å². The number of nitriles is 1. The molecule has 2 heterocycles. The highest BCUT2D eigenvalue weighted by Crippen LogP contribution is 2.18. The molecule has 0 unspecified atom stereocenters. The van der Waals surface area contributed by atoms with E-state index in [0.717, 1.165) is 29.0 Å². The molecule has 0 atom stereocenters. The molecule has 3 rings (SSSR count). The summed E-state index contributed by atoms with van der Waals surface area (Å²) in [5.41, 5.74) is 4.69. The standard InChI is InChI=1S/C25H28N4O2/c1-5-20-22(15-26)25(31)29(27-23(20)6-2)16-24(30)21-14-17(3)28(18(21)4)13-12-19-10-8-7-9-11-19/h7-11,14H,5-6,12-13,16H2,1-4H3. The molecule has 2 aromatic heterocycles. The number of aromatic nitrogens is 3. The average Bonchev–Trinajstić information content (AvgIpc) is 3.07. The summed E-state index contributed by atoms with van der Waals surface area (Å²) < 4.78 is 3.28. The van der Waals surface area contributed by atoms with Crippen LogP contribution in [0.4, 0.5) is 0 Å². The van der Waals surface area contributed by atoms with Crippen LogP contribution in [0.3, 0.4) is 0 Å². The molecule has 0 radical (unpaired) electrons. The summed E-state index contributed by atoms with van der Waals surface area (Å²) in [6, 6.07) is 14.1. The Morgan fingerprint density at radius 1 is 1.13 bits per heavy atom. The van der Waals surface area contributed by atoms with E-state index in [2.05, 4.69) is 21.8 Å². The molecule has 6 nitrogen and oxygen atoms in total. The van der Waals surface area contributed by atoms with Crippen molar-refractivity contribution in [3.8, 4) is 6.07 Å². The minimum atomic E-state index is -0.497. The molecule has 0 aliphatic heterocycles. The summed E-state index contributed by atoms with van der Waals surface area (Å²) in [6.45, 7) is 8.35. The number of hydrogen-bond acceptors (Lipinski definition) is 4. The molecule has 160 valence electrons. The number of hydrogen-bond donors (Lipinski definition) is 0. The van der Waals surface area contributed by atoms with Crippen LogP contribution in [0.15, 0.2) is 41.2 Å². The Balaban J connectivity index is 1.88. The van der Waals surface area contributed by atoms with Crippen molar-refractivity contribution in [1.82, 2.24) is 14.3 Å². The molecule has 3 aromatic rings. The third-order valence-corrected chi connectivity index (χ3v) is 5.77. The number of Topliss-reactive ketones (excluding diaryl/α,β-unsaturated/α-hetero) is 1. The van der Waals surface area contributed by atoms with Crippen LogP contribution in [-0.4, -0.2) is 20.1 Å². The van der Waals surface area contributed by atoms with Gasteiger partial charge in [0.1, 0.15) is 18.2 Å². The largest absolute Gasteiger partial charge is 0.348 e. The van der Waals surface area contributed by atoms with Crippen LogP contribution >= 0.6 is 0 Å². The zero-order valence-electron chi connectivity index (χ0n) is 18.6. The number of carbonyl (C=O) groups excluding carboxylic acids is 1. The van der Waals surface area contributed by atoms with Gasteiger partial charge in [0.05, 0.1) is 5.69 Å². The zero-order valence-corrected chi connectivity index (χ0v) is 18.6. The molecule has 6 heteroatoms. The average molecular weight is 417 g/mol. The third kappa shape index (κ3) is 4.51. The summed E-state index contributed by atoms with van der Waals surface area (Å²) in [4.78, 5) is 25.8. The topological polar surface area (TPSA) is 80.7 Å². The van der Waals surface area contributed by atoms with Gasteiger partial charge in [-0.25, -0.2) is 4.68 Å². The number of carbonyl (C=O) groups is 1. The van der Waals surface area contributed by atoms with E-state index >= 15 is 0 Å². The van der Waals surface area contributed by atoms with E-state index in [-0.39, 0.29) is 17.9 Å². The first-order valence-electron chi connectivity index (χ1n) is 10.7. The molecule has 0 saturated heterocycles. The fourth-order valence-electron chi connectivity index (χ4n) is 4.08. The van der Waals surface area contributed by atoms with Crippen molar-refractivity contribution >= 4 is 5.78 Å². The van der Waals surface area contributed by atoms with Gasteiger partial charge in [-0.3, -0.25) is 9.59 Å². The Morgan fingerprint density at radius 2 is 1.84 bits per heavy atom. The number of benzene rings is 1. The SMILES string of the molecule is CCc1nn(CC(=O)c2cc(C)n(CCc3ccccc3)c2C)c(=O)c(C#N)c1CC. The van der Waals surface area contributed by atoms with E-state index in [1.54, 1.807) is 0 Å². The molecular weight excluding hydrogens is 388 g/mol. The van der Waals surface area contributed by atoms with Crippen LogP contribution in [0.25, 0.3) is 0 Å². The molecular formula is C25H28N4O2. The van der Waals surface area contributed by atoms with Crippen LogP contribution < -0.4 is 5.56 Å². The maximum absolute atomic E-state index is 13.1. The third-order valence-electron chi connectivity index (χ3n) is 5.77. The molecule has 0 saturated carbocycles. The zero-order chi connectivity index (χ0) is 22.5. The minimum Gasteiger partial charge on any atom is -0.348 e. The second kappa shape index (κ2) is 9.57. The van der Waals surface area contributed by atoms with Crippen molar-refractivity contribution in [3.63, 3.8) is 0 Å². The maximum atomic E-state index is 13.1. The summed E-state index contributed by atoms with van der Waals surface area (Å²) in [7, 11) is 0. The van der Waals surface area contributed by atoms with Gasteiger partial charge in [-0.15, -0.1) is 0 Å². The lowest BCUT2D eigenvalue weighted by atomic mass is 10.0. The van der Waals surface area contributed by atoms with E-state index in [4.69, 9.17) is 0 Å². The summed E-state index contributed by atoms with van der Waals surface area (Å²) in [5, 5.41) is 13.9. The molecule has 0 fully saturated rings. The lowest BCUT2D eigenvalue weighted by Gasteiger charge is -2.12. The number of nitrogens with zero attached hydrogens (tertiary/aromatic N) is 4. The van der Waals surface area contributed by atoms with Gasteiger partial charge in [-0.2, -0.15) is 10.4 Å². The maximum Gasteiger partial charge on any atom is 0.285 e. The lowest BCUT2D eigenvalue weighted by molar-refractivity contribution is 0.0964. The molecule has 1 aromatic carbocycles. The van der Waals surface area contributed by atoms with Gasteiger partial charge in [0.15, 0.2) is 5.78 Å². The molecule has 0 amide bonds. The number of ketones is 1. The van der Waals surface area contributed by atoms with E-state index in [9.17, 15) is 14.9 Å². The van der Waals surface area contributed by atoms with Gasteiger partial charge in [0.25, 0.3) is 5.56 Å². The van der Waals surface area contributed by atoms with E-state index in [1.807, 2.05) is 58.0 Å². The molecule has 31 heavy (non-hydrogen) atoms. The summed E-state index contributed by atoms with van der Waals surface area (Å²) in [5.74, 6) is -0.177. The number of aryl methyl sites for hydroxylation is 3. The Morgan fingerprint density at radius 3 is 2.45 bits per heavy atom. The molecule has 0 N–H and O–H groups in total. The van der Waals surface area contributed by atoms with E-state index in [0.29, 0.717) is 29.7 Å². The Hall–Kier alpha value is -3.46. The van der Waals surface area contributed by atoms with Gasteiger partial charge in [-0.05, 0) is 50.3 Å². The smallest absolute Gasteiger partial charge is 0.285 e. The van der Waals surface area contributed by atoms with Crippen molar-refractivity contribution in [1.29, 1.82) is 5.26 Å². The fourth-order valence-corrected chi connectivity index (χ4v) is 4.08. The summed E-state index contributed by atoms with van der Waals surface area (Å²) >= 11 is 0. The molecule has 0 bridgehead atoms. The van der Waals surface area contributed by atoms with E-state index in [1.165, 1.54) is 5.56 Å². The van der Waals surface area contributed by atoms with Crippen LogP contribution in [0.2, 0.25) is 0 Å². The second-order valence-corrected chi connectivity index (χ2v) is 7.68. The second-order valence-electron chi connectivity index (χ2n) is 7.68. The highest BCUT2D eigenvalue weighted by Gasteiger charge is 2.20. The molecule has 0 aliphatic rings. The predicted molar refractivity (Wildman–Crippen MR) is 120 cm³/mol. The van der Waals surface area contributed by atoms with Gasteiger partial charge in [0.2, 0.25) is 0 Å². The molecule has 0 aliphatic carbocycles. The van der Waals surface area contributed by atoms with Crippen LogP contribution in [0.5, 0.6) is 0 Å². The van der Waals surface area contributed by atoms with Gasteiger partial charge >= 0.3 is 0 Å². The quantitative estimate of drug-likeness (QED) is 0.523. The van der Waals surface area contributed by atoms with Crippen LogP contribution in [0, 0.1) is 25.2 Å². The first-order chi connectivity index (χ1) is 14.9. The van der Waals surface area contributed by atoms with Crippen molar-refractivity contribution in [2.75, 3.05) is 0 Å². The first-order valence-corrected chi connectivity index (χ1v) is 10.7. The first kappa shape index (κ1) is 22.2. The lowest BCUT2D eigenvalue weighted by Crippen LogP contribution is -2.31. The highest BCUT2D eigenvalue weighted by atomic mass is 16.1. The van der Waals surface area contributed by atoms with Crippen molar-refractivity contribution < 1.29 is 4.79 Å². The minimum absolute atomic E-state index is 0.0930. The fraction of sp³-hybridized carbons (Fsp3) is 0.360. The van der Waals surface area contributed by atoms with Crippen LogP contribution in [-0.2, 0) is 32.4 Å².